The van der Waals surface area contributed by atoms with Crippen LogP contribution < -0.4 is 5.32 Å². The van der Waals surface area contributed by atoms with Gasteiger partial charge in [-0.05, 0) is 34.9 Å². The van der Waals surface area contributed by atoms with E-state index in [-0.39, 0.29) is 5.41 Å². The van der Waals surface area contributed by atoms with Crippen LogP contribution in [-0.2, 0) is 5.41 Å². The molecule has 1 N–H and O–H groups in total. The number of hydrogen-bond acceptors (Lipinski definition) is 1. The van der Waals surface area contributed by atoms with Gasteiger partial charge in [-0.3, -0.25) is 0 Å². The summed E-state index contributed by atoms with van der Waals surface area (Å²) in [4.78, 5) is 0. The Kier molecular flexibility index (Phi) is 5.40. The summed E-state index contributed by atoms with van der Waals surface area (Å²) in [5, 5.41) is 3.47. The molecule has 102 valence electrons. The summed E-state index contributed by atoms with van der Waals surface area (Å²) in [5.41, 5.74) is 3.12. The fourth-order valence-corrected chi connectivity index (χ4v) is 2.27. The molecule has 0 aromatic heterocycles. The smallest absolute Gasteiger partial charge is 0.00225 e. The zero-order valence-electron chi connectivity index (χ0n) is 12.9. The van der Waals surface area contributed by atoms with Crippen molar-refractivity contribution in [2.45, 2.75) is 52.9 Å². The molecule has 1 aromatic rings. The van der Waals surface area contributed by atoms with Crippen LogP contribution in [0.1, 0.15) is 58.6 Å². The zero-order valence-corrected chi connectivity index (χ0v) is 12.9. The maximum Gasteiger partial charge on any atom is 0.00225 e. The minimum atomic E-state index is 0.244. The molecule has 18 heavy (non-hydrogen) atoms. The van der Waals surface area contributed by atoms with E-state index in [0.29, 0.717) is 11.8 Å². The fourth-order valence-electron chi connectivity index (χ4n) is 2.27. The Morgan fingerprint density at radius 3 is 2.00 bits per heavy atom. The minimum absolute atomic E-state index is 0.244. The normalized spacial score (nSPS) is 13.9. The molecule has 0 saturated heterocycles. The number of rotatable bonds is 5. The van der Waals surface area contributed by atoms with E-state index in [1.165, 1.54) is 11.1 Å². The summed E-state index contributed by atoms with van der Waals surface area (Å²) in [7, 11) is 0. The van der Waals surface area contributed by atoms with Crippen molar-refractivity contribution in [1.29, 1.82) is 0 Å². The lowest BCUT2D eigenvalue weighted by Gasteiger charge is -2.24. The Morgan fingerprint density at radius 2 is 1.61 bits per heavy atom. The van der Waals surface area contributed by atoms with Crippen LogP contribution in [-0.4, -0.2) is 13.1 Å². The molecule has 1 aromatic carbocycles. The van der Waals surface area contributed by atoms with Gasteiger partial charge in [0.25, 0.3) is 0 Å². The molecule has 0 aliphatic carbocycles. The van der Waals surface area contributed by atoms with Gasteiger partial charge in [-0.25, -0.2) is 0 Å². The second kappa shape index (κ2) is 6.38. The monoisotopic (exact) mass is 247 g/mol. The van der Waals surface area contributed by atoms with Crippen LogP contribution >= 0.6 is 0 Å². The second-order valence-electron chi connectivity index (χ2n) is 6.53. The summed E-state index contributed by atoms with van der Waals surface area (Å²) < 4.78 is 0. The fraction of sp³-hybridized carbons (Fsp3) is 0.647. The third-order valence-corrected chi connectivity index (χ3v) is 3.62. The minimum Gasteiger partial charge on any atom is -0.316 e. The molecule has 0 aliphatic rings. The lowest BCUT2D eigenvalue weighted by Crippen LogP contribution is -2.24. The highest BCUT2D eigenvalue weighted by atomic mass is 14.8. The number of likely N-dealkylation sites (N-methyl/N-ethyl adjacent to an activating group) is 1. The van der Waals surface area contributed by atoms with Crippen LogP contribution in [0.3, 0.4) is 0 Å². The van der Waals surface area contributed by atoms with Crippen LogP contribution in [0.25, 0.3) is 0 Å². The molecule has 0 fully saturated rings. The van der Waals surface area contributed by atoms with Crippen LogP contribution in [0.2, 0.25) is 0 Å². The molecule has 0 radical (unpaired) electrons. The van der Waals surface area contributed by atoms with Gasteiger partial charge in [0, 0.05) is 6.54 Å². The van der Waals surface area contributed by atoms with E-state index in [2.05, 4.69) is 71.1 Å². The maximum atomic E-state index is 3.47. The summed E-state index contributed by atoms with van der Waals surface area (Å²) >= 11 is 0. The molecule has 0 saturated carbocycles. The lowest BCUT2D eigenvalue weighted by molar-refractivity contribution is 0.467. The molecule has 1 nitrogen and oxygen atoms in total. The van der Waals surface area contributed by atoms with E-state index in [1.807, 2.05) is 0 Å². The first-order chi connectivity index (χ1) is 8.36. The molecular weight excluding hydrogens is 218 g/mol. The van der Waals surface area contributed by atoms with E-state index in [1.54, 1.807) is 0 Å². The van der Waals surface area contributed by atoms with Gasteiger partial charge in [0.05, 0.1) is 0 Å². The van der Waals surface area contributed by atoms with Crippen LogP contribution in [0.5, 0.6) is 0 Å². The quantitative estimate of drug-likeness (QED) is 0.816. The van der Waals surface area contributed by atoms with Crippen molar-refractivity contribution in [3.05, 3.63) is 35.4 Å². The third-order valence-electron chi connectivity index (χ3n) is 3.62. The Morgan fingerprint density at radius 1 is 1.06 bits per heavy atom. The van der Waals surface area contributed by atoms with Gasteiger partial charge in [-0.2, -0.15) is 0 Å². The molecule has 0 amide bonds. The Bertz CT molecular complexity index is 343. The van der Waals surface area contributed by atoms with Gasteiger partial charge in [-0.15, -0.1) is 0 Å². The Hall–Kier alpha value is -0.820. The van der Waals surface area contributed by atoms with Crippen molar-refractivity contribution in [1.82, 2.24) is 5.32 Å². The lowest BCUT2D eigenvalue weighted by atomic mass is 9.83. The zero-order chi connectivity index (χ0) is 13.8. The number of nitrogens with one attached hydrogen (secondary N) is 1. The van der Waals surface area contributed by atoms with Crippen molar-refractivity contribution >= 4 is 0 Å². The van der Waals surface area contributed by atoms with Crippen LogP contribution in [0.4, 0.5) is 0 Å². The molecule has 0 aliphatic heterocycles. The third kappa shape index (κ3) is 4.13. The highest BCUT2D eigenvalue weighted by Crippen LogP contribution is 2.27. The van der Waals surface area contributed by atoms with Crippen LogP contribution in [0, 0.1) is 5.92 Å². The first-order valence-corrected chi connectivity index (χ1v) is 7.17. The van der Waals surface area contributed by atoms with Gasteiger partial charge in [0.2, 0.25) is 0 Å². The van der Waals surface area contributed by atoms with E-state index < -0.39 is 0 Å². The molecule has 1 unspecified atom stereocenters. The van der Waals surface area contributed by atoms with Crippen molar-refractivity contribution in [3.8, 4) is 0 Å². The Labute approximate surface area is 113 Å². The highest BCUT2D eigenvalue weighted by molar-refractivity contribution is 5.30. The van der Waals surface area contributed by atoms with Crippen molar-refractivity contribution in [2.75, 3.05) is 13.1 Å². The molecule has 1 heteroatoms. The average molecular weight is 247 g/mol. The standard InChI is InChI=1S/C17H29N/c1-7-18-12-16(13(2)3)14-8-10-15(11-9-14)17(4,5)6/h8-11,13,16,18H,7,12H2,1-6H3. The summed E-state index contributed by atoms with van der Waals surface area (Å²) in [6.45, 7) is 15.7. The van der Waals surface area contributed by atoms with Crippen molar-refractivity contribution in [2.24, 2.45) is 5.92 Å². The number of hydrogen-bond donors (Lipinski definition) is 1. The maximum absolute atomic E-state index is 3.47. The summed E-state index contributed by atoms with van der Waals surface area (Å²) in [6, 6.07) is 9.19. The van der Waals surface area contributed by atoms with Gasteiger partial charge in [0.1, 0.15) is 0 Å². The van der Waals surface area contributed by atoms with E-state index in [0.717, 1.165) is 13.1 Å². The molecule has 0 heterocycles. The van der Waals surface area contributed by atoms with Gasteiger partial charge in [-0.1, -0.05) is 65.8 Å². The van der Waals surface area contributed by atoms with Gasteiger partial charge in [0.15, 0.2) is 0 Å². The van der Waals surface area contributed by atoms with Gasteiger partial charge >= 0.3 is 0 Å². The molecular formula is C17H29N. The van der Waals surface area contributed by atoms with E-state index in [9.17, 15) is 0 Å². The molecule has 1 atom stereocenters. The van der Waals surface area contributed by atoms with E-state index in [4.69, 9.17) is 0 Å². The van der Waals surface area contributed by atoms with Crippen molar-refractivity contribution in [3.63, 3.8) is 0 Å². The van der Waals surface area contributed by atoms with Crippen LogP contribution in [0.15, 0.2) is 24.3 Å². The number of benzene rings is 1. The average Bonchev–Trinajstić information content (AvgIpc) is 2.28. The van der Waals surface area contributed by atoms with Gasteiger partial charge < -0.3 is 5.32 Å². The first kappa shape index (κ1) is 15.2. The first-order valence-electron chi connectivity index (χ1n) is 7.17. The predicted octanol–water partition coefficient (Wildman–Crippen LogP) is 4.33. The summed E-state index contributed by atoms with van der Waals surface area (Å²) in [6.07, 6.45) is 0. The summed E-state index contributed by atoms with van der Waals surface area (Å²) in [5.74, 6) is 1.28. The van der Waals surface area contributed by atoms with Crippen molar-refractivity contribution < 1.29 is 0 Å². The predicted molar refractivity (Wildman–Crippen MR) is 81.3 cm³/mol. The molecule has 0 bridgehead atoms. The van der Waals surface area contributed by atoms with E-state index >= 15 is 0 Å². The SMILES string of the molecule is CCNCC(c1ccc(C(C)(C)C)cc1)C(C)C. The Balaban J connectivity index is 2.87. The second-order valence-corrected chi connectivity index (χ2v) is 6.53. The largest absolute Gasteiger partial charge is 0.316 e. The molecule has 0 spiro atoms. The topological polar surface area (TPSA) is 12.0 Å². The molecule has 1 rings (SSSR count). The highest BCUT2D eigenvalue weighted by Gasteiger charge is 2.17.